The van der Waals surface area contributed by atoms with Gasteiger partial charge in [0.05, 0.1) is 12.8 Å². The molecule has 0 spiro atoms. The number of rotatable bonds is 5. The van der Waals surface area contributed by atoms with Gasteiger partial charge in [0.1, 0.15) is 29.5 Å². The molecule has 2 N–H and O–H groups in total. The van der Waals surface area contributed by atoms with Crippen molar-refractivity contribution in [1.82, 2.24) is 15.1 Å². The second-order valence-corrected chi connectivity index (χ2v) is 5.07. The van der Waals surface area contributed by atoms with Crippen LogP contribution in [-0.4, -0.2) is 22.2 Å². The van der Waals surface area contributed by atoms with Crippen molar-refractivity contribution >= 4 is 23.1 Å². The Labute approximate surface area is 133 Å². The second-order valence-electron chi connectivity index (χ2n) is 5.07. The molecule has 1 aromatic carbocycles. The summed E-state index contributed by atoms with van der Waals surface area (Å²) in [5, 5.41) is 10.2. The molecule has 0 unspecified atom stereocenters. The summed E-state index contributed by atoms with van der Waals surface area (Å²) in [4.78, 5) is 8.40. The van der Waals surface area contributed by atoms with E-state index in [1.807, 2.05) is 32.0 Å². The SMILES string of the molecule is COc1ccc(C)cc1Nc1cc(Nc2cc(C)on2)ncn1. The van der Waals surface area contributed by atoms with E-state index in [4.69, 9.17) is 9.26 Å². The van der Waals surface area contributed by atoms with Gasteiger partial charge in [0, 0.05) is 12.1 Å². The van der Waals surface area contributed by atoms with Crippen LogP contribution in [0.3, 0.4) is 0 Å². The molecule has 3 aromatic rings. The topological polar surface area (TPSA) is 85.1 Å². The van der Waals surface area contributed by atoms with Crippen molar-refractivity contribution in [2.45, 2.75) is 13.8 Å². The standard InChI is InChI=1S/C16H17N5O2/c1-10-4-5-13(22-3)12(6-10)19-14-8-15(18-9-17-14)20-16-7-11(2)23-21-16/h4-9H,1-3H3,(H2,17,18,19,20,21). The third-order valence-corrected chi connectivity index (χ3v) is 3.17. The number of aryl methyl sites for hydroxylation is 2. The van der Waals surface area contributed by atoms with Gasteiger partial charge in [-0.25, -0.2) is 9.97 Å². The van der Waals surface area contributed by atoms with Crippen molar-refractivity contribution in [3.05, 3.63) is 48.0 Å². The quantitative estimate of drug-likeness (QED) is 0.745. The molecule has 0 radical (unpaired) electrons. The van der Waals surface area contributed by atoms with Crippen LogP contribution in [0.25, 0.3) is 0 Å². The first-order valence-electron chi connectivity index (χ1n) is 7.08. The summed E-state index contributed by atoms with van der Waals surface area (Å²) in [6, 6.07) is 9.47. The van der Waals surface area contributed by atoms with E-state index in [1.54, 1.807) is 19.2 Å². The maximum Gasteiger partial charge on any atom is 0.175 e. The number of aromatic nitrogens is 3. The van der Waals surface area contributed by atoms with Gasteiger partial charge in [-0.2, -0.15) is 0 Å². The molecule has 3 rings (SSSR count). The normalized spacial score (nSPS) is 10.4. The fourth-order valence-electron chi connectivity index (χ4n) is 2.11. The van der Waals surface area contributed by atoms with Gasteiger partial charge >= 0.3 is 0 Å². The minimum Gasteiger partial charge on any atom is -0.495 e. The molecule has 7 nitrogen and oxygen atoms in total. The van der Waals surface area contributed by atoms with E-state index in [2.05, 4.69) is 25.8 Å². The van der Waals surface area contributed by atoms with Crippen LogP contribution in [-0.2, 0) is 0 Å². The first-order chi connectivity index (χ1) is 11.1. The highest BCUT2D eigenvalue weighted by molar-refractivity contribution is 5.67. The van der Waals surface area contributed by atoms with Gasteiger partial charge in [-0.3, -0.25) is 0 Å². The number of ether oxygens (including phenoxy) is 1. The van der Waals surface area contributed by atoms with Crippen LogP contribution in [0.2, 0.25) is 0 Å². The van der Waals surface area contributed by atoms with Gasteiger partial charge in [0.15, 0.2) is 5.82 Å². The van der Waals surface area contributed by atoms with E-state index in [-0.39, 0.29) is 0 Å². The molecule has 0 bridgehead atoms. The molecular weight excluding hydrogens is 294 g/mol. The lowest BCUT2D eigenvalue weighted by atomic mass is 10.2. The largest absolute Gasteiger partial charge is 0.495 e. The Balaban J connectivity index is 1.81. The number of hydrogen-bond acceptors (Lipinski definition) is 7. The van der Waals surface area contributed by atoms with Gasteiger partial charge < -0.3 is 19.9 Å². The van der Waals surface area contributed by atoms with Crippen molar-refractivity contribution < 1.29 is 9.26 Å². The summed E-state index contributed by atoms with van der Waals surface area (Å²) in [6.07, 6.45) is 1.47. The van der Waals surface area contributed by atoms with Gasteiger partial charge in [0.2, 0.25) is 0 Å². The van der Waals surface area contributed by atoms with Crippen molar-refractivity contribution in [2.75, 3.05) is 17.7 Å². The predicted molar refractivity (Wildman–Crippen MR) is 87.6 cm³/mol. The average Bonchev–Trinajstić information content (AvgIpc) is 2.93. The minimum absolute atomic E-state index is 0.597. The van der Waals surface area contributed by atoms with E-state index in [0.29, 0.717) is 17.5 Å². The zero-order chi connectivity index (χ0) is 16.2. The summed E-state index contributed by atoms with van der Waals surface area (Å²) in [6.45, 7) is 3.85. The smallest absolute Gasteiger partial charge is 0.175 e. The van der Waals surface area contributed by atoms with Crippen molar-refractivity contribution in [2.24, 2.45) is 0 Å². The van der Waals surface area contributed by atoms with Crippen molar-refractivity contribution in [1.29, 1.82) is 0 Å². The van der Waals surface area contributed by atoms with Gasteiger partial charge in [0.25, 0.3) is 0 Å². The second kappa shape index (κ2) is 6.35. The number of methoxy groups -OCH3 is 1. The monoisotopic (exact) mass is 311 g/mol. The van der Waals surface area contributed by atoms with Crippen LogP contribution < -0.4 is 15.4 Å². The average molecular weight is 311 g/mol. The fourth-order valence-corrected chi connectivity index (χ4v) is 2.11. The summed E-state index contributed by atoms with van der Waals surface area (Å²) >= 11 is 0. The highest BCUT2D eigenvalue weighted by Gasteiger charge is 2.07. The molecule has 0 aliphatic carbocycles. The molecule has 0 saturated carbocycles. The molecule has 0 saturated heterocycles. The first kappa shape index (κ1) is 14.8. The lowest BCUT2D eigenvalue weighted by molar-refractivity contribution is 0.400. The van der Waals surface area contributed by atoms with E-state index >= 15 is 0 Å². The Kier molecular flexibility index (Phi) is 4.09. The number of nitrogens with one attached hydrogen (secondary N) is 2. The van der Waals surface area contributed by atoms with Gasteiger partial charge in [-0.1, -0.05) is 11.2 Å². The van der Waals surface area contributed by atoms with Crippen LogP contribution in [0.5, 0.6) is 5.75 Å². The zero-order valence-electron chi connectivity index (χ0n) is 13.1. The molecule has 0 aliphatic heterocycles. The molecule has 0 aliphatic rings. The summed E-state index contributed by atoms with van der Waals surface area (Å²) in [5.74, 6) is 3.33. The fraction of sp³-hybridized carbons (Fsp3) is 0.188. The van der Waals surface area contributed by atoms with E-state index in [0.717, 1.165) is 22.8 Å². The molecule has 118 valence electrons. The molecule has 0 fully saturated rings. The molecule has 2 heterocycles. The van der Waals surface area contributed by atoms with E-state index in [9.17, 15) is 0 Å². The lowest BCUT2D eigenvalue weighted by Gasteiger charge is -2.12. The maximum absolute atomic E-state index is 5.36. The maximum atomic E-state index is 5.36. The third kappa shape index (κ3) is 3.57. The van der Waals surface area contributed by atoms with Crippen LogP contribution in [0.1, 0.15) is 11.3 Å². The molecular formula is C16H17N5O2. The van der Waals surface area contributed by atoms with Crippen LogP contribution in [0, 0.1) is 13.8 Å². The molecule has 23 heavy (non-hydrogen) atoms. The first-order valence-corrected chi connectivity index (χ1v) is 7.08. The number of hydrogen-bond donors (Lipinski definition) is 2. The van der Waals surface area contributed by atoms with Crippen LogP contribution in [0.4, 0.5) is 23.1 Å². The zero-order valence-corrected chi connectivity index (χ0v) is 13.1. The molecule has 7 heteroatoms. The van der Waals surface area contributed by atoms with Crippen LogP contribution >= 0.6 is 0 Å². The minimum atomic E-state index is 0.597. The number of anilines is 4. The third-order valence-electron chi connectivity index (χ3n) is 3.17. The van der Waals surface area contributed by atoms with Gasteiger partial charge in [-0.05, 0) is 31.5 Å². The Bertz CT molecular complexity index is 816. The summed E-state index contributed by atoms with van der Waals surface area (Å²) in [7, 11) is 1.63. The highest BCUT2D eigenvalue weighted by Crippen LogP contribution is 2.28. The van der Waals surface area contributed by atoms with Crippen molar-refractivity contribution in [3.8, 4) is 5.75 Å². The van der Waals surface area contributed by atoms with E-state index < -0.39 is 0 Å². The number of nitrogens with zero attached hydrogens (tertiary/aromatic N) is 3. The molecule has 0 atom stereocenters. The van der Waals surface area contributed by atoms with E-state index in [1.165, 1.54) is 6.33 Å². The lowest BCUT2D eigenvalue weighted by Crippen LogP contribution is -2.00. The van der Waals surface area contributed by atoms with Crippen LogP contribution in [0.15, 0.2) is 41.2 Å². The predicted octanol–water partition coefficient (Wildman–Crippen LogP) is 3.58. The van der Waals surface area contributed by atoms with Gasteiger partial charge in [-0.15, -0.1) is 0 Å². The Morgan fingerprint density at radius 1 is 0.957 bits per heavy atom. The molecule has 2 aromatic heterocycles. The Morgan fingerprint density at radius 3 is 2.43 bits per heavy atom. The summed E-state index contributed by atoms with van der Waals surface area (Å²) in [5.41, 5.74) is 1.97. The Hall–Kier alpha value is -3.09. The number of benzene rings is 1. The molecule has 0 amide bonds. The summed E-state index contributed by atoms with van der Waals surface area (Å²) < 4.78 is 10.4. The Morgan fingerprint density at radius 2 is 1.74 bits per heavy atom. The highest BCUT2D eigenvalue weighted by atomic mass is 16.5. The van der Waals surface area contributed by atoms with Crippen molar-refractivity contribution in [3.63, 3.8) is 0 Å².